The monoisotopic (exact) mass is 395 g/mol. The Morgan fingerprint density at radius 1 is 1.11 bits per heavy atom. The quantitative estimate of drug-likeness (QED) is 0.680. The molecule has 0 atom stereocenters. The van der Waals surface area contributed by atoms with E-state index in [0.29, 0.717) is 11.4 Å². The summed E-state index contributed by atoms with van der Waals surface area (Å²) in [5.74, 6) is -0.434. The predicted molar refractivity (Wildman–Crippen MR) is 92.7 cm³/mol. The van der Waals surface area contributed by atoms with Crippen LogP contribution in [0.15, 0.2) is 48.8 Å². The number of urea groups is 1. The smallest absolute Gasteiger partial charge is 0.406 e. The number of pyridine rings is 1. The number of carbonyl (C=O) groups excluding carboxylic acids is 1. The lowest BCUT2D eigenvalue weighted by molar-refractivity contribution is -0.274. The van der Waals surface area contributed by atoms with Crippen molar-refractivity contribution in [2.45, 2.75) is 12.8 Å². The summed E-state index contributed by atoms with van der Waals surface area (Å²) >= 11 is 1.19. The van der Waals surface area contributed by atoms with Crippen molar-refractivity contribution in [3.63, 3.8) is 0 Å². The van der Waals surface area contributed by atoms with Crippen LogP contribution in [0.4, 0.5) is 28.8 Å². The molecule has 27 heavy (non-hydrogen) atoms. The zero-order chi connectivity index (χ0) is 19.3. The van der Waals surface area contributed by atoms with Crippen LogP contribution in [0.2, 0.25) is 0 Å². The normalized spacial score (nSPS) is 11.1. The lowest BCUT2D eigenvalue weighted by Gasteiger charge is -2.10. The number of nitrogens with zero attached hydrogens (tertiary/aromatic N) is 3. The summed E-state index contributed by atoms with van der Waals surface area (Å²) in [6.07, 6.45) is -0.932. The lowest BCUT2D eigenvalue weighted by Crippen LogP contribution is -2.20. The summed E-state index contributed by atoms with van der Waals surface area (Å²) in [7, 11) is 0. The SMILES string of the molecule is O=C(Nc1cccc(OC(F)(F)F)c1)Nc1nnc(Cc2ccncc2)s1. The number of rotatable bonds is 5. The molecule has 0 saturated heterocycles. The first kappa shape index (κ1) is 18.6. The number of nitrogens with one attached hydrogen (secondary N) is 2. The van der Waals surface area contributed by atoms with E-state index >= 15 is 0 Å². The summed E-state index contributed by atoms with van der Waals surface area (Å²) in [6.45, 7) is 0. The molecule has 2 amide bonds. The highest BCUT2D eigenvalue weighted by molar-refractivity contribution is 7.15. The number of aromatic nitrogens is 3. The van der Waals surface area contributed by atoms with Crippen LogP contribution in [0.5, 0.6) is 5.75 Å². The standard InChI is InChI=1S/C16H12F3N5O2S/c17-16(18,19)26-12-3-1-2-11(9-12)21-14(25)22-15-24-23-13(27-15)8-10-4-6-20-7-5-10/h1-7,9H,8H2,(H2,21,22,24,25). The molecule has 0 aliphatic carbocycles. The van der Waals surface area contributed by atoms with Gasteiger partial charge >= 0.3 is 12.4 Å². The molecule has 2 heterocycles. The fourth-order valence-corrected chi connectivity index (χ4v) is 2.85. The molecule has 0 aliphatic rings. The predicted octanol–water partition coefficient (Wildman–Crippen LogP) is 4.07. The zero-order valence-corrected chi connectivity index (χ0v) is 14.3. The second kappa shape index (κ2) is 7.99. The van der Waals surface area contributed by atoms with Crippen molar-refractivity contribution in [3.8, 4) is 5.75 Å². The average molecular weight is 395 g/mol. The van der Waals surface area contributed by atoms with Gasteiger partial charge in [0.15, 0.2) is 0 Å². The van der Waals surface area contributed by atoms with Crippen LogP contribution >= 0.6 is 11.3 Å². The van der Waals surface area contributed by atoms with Gasteiger partial charge in [-0.2, -0.15) is 0 Å². The van der Waals surface area contributed by atoms with Crippen molar-refractivity contribution in [1.29, 1.82) is 0 Å². The van der Waals surface area contributed by atoms with E-state index in [1.165, 1.54) is 23.5 Å². The van der Waals surface area contributed by atoms with Gasteiger partial charge in [-0.3, -0.25) is 10.3 Å². The Morgan fingerprint density at radius 3 is 2.63 bits per heavy atom. The Kier molecular flexibility index (Phi) is 5.50. The highest BCUT2D eigenvalue weighted by Crippen LogP contribution is 2.25. The van der Waals surface area contributed by atoms with Crippen LogP contribution in [-0.2, 0) is 6.42 Å². The molecule has 140 valence electrons. The molecule has 3 rings (SSSR count). The first-order valence-electron chi connectivity index (χ1n) is 7.52. The van der Waals surface area contributed by atoms with Crippen molar-refractivity contribution in [2.24, 2.45) is 0 Å². The molecule has 11 heteroatoms. The van der Waals surface area contributed by atoms with E-state index in [-0.39, 0.29) is 10.8 Å². The molecule has 0 fully saturated rings. The van der Waals surface area contributed by atoms with E-state index in [2.05, 4.69) is 30.6 Å². The summed E-state index contributed by atoms with van der Waals surface area (Å²) in [5.41, 5.74) is 1.13. The molecule has 0 unspecified atom stereocenters. The molecule has 3 aromatic rings. The Morgan fingerprint density at radius 2 is 1.89 bits per heavy atom. The van der Waals surface area contributed by atoms with Gasteiger partial charge in [0.1, 0.15) is 10.8 Å². The molecule has 0 radical (unpaired) electrons. The molecule has 1 aromatic carbocycles. The highest BCUT2D eigenvalue weighted by Gasteiger charge is 2.31. The third-order valence-electron chi connectivity index (χ3n) is 3.12. The van der Waals surface area contributed by atoms with Crippen LogP contribution in [0.1, 0.15) is 10.6 Å². The second-order valence-electron chi connectivity index (χ2n) is 5.19. The second-order valence-corrected chi connectivity index (χ2v) is 6.25. The molecule has 7 nitrogen and oxygen atoms in total. The number of ether oxygens (including phenoxy) is 1. The number of anilines is 2. The summed E-state index contributed by atoms with van der Waals surface area (Å²) in [6, 6.07) is 7.97. The van der Waals surface area contributed by atoms with Gasteiger partial charge < -0.3 is 10.1 Å². The maximum Gasteiger partial charge on any atom is 0.573 e. The first-order chi connectivity index (χ1) is 12.9. The van der Waals surface area contributed by atoms with E-state index in [0.717, 1.165) is 17.7 Å². The minimum Gasteiger partial charge on any atom is -0.406 e. The summed E-state index contributed by atoms with van der Waals surface area (Å²) < 4.78 is 40.5. The van der Waals surface area contributed by atoms with Gasteiger partial charge in [-0.05, 0) is 29.8 Å². The molecule has 0 bridgehead atoms. The number of hydrogen-bond donors (Lipinski definition) is 2. The van der Waals surface area contributed by atoms with Crippen LogP contribution in [0.3, 0.4) is 0 Å². The molecule has 2 N–H and O–H groups in total. The summed E-state index contributed by atoms with van der Waals surface area (Å²) in [5, 5.41) is 13.7. The van der Waals surface area contributed by atoms with Crippen molar-refractivity contribution < 1.29 is 22.7 Å². The third kappa shape index (κ3) is 5.92. The van der Waals surface area contributed by atoms with Gasteiger partial charge in [-0.15, -0.1) is 23.4 Å². The lowest BCUT2D eigenvalue weighted by atomic mass is 10.2. The molecule has 2 aromatic heterocycles. The first-order valence-corrected chi connectivity index (χ1v) is 8.34. The number of hydrogen-bond acceptors (Lipinski definition) is 6. The molecule has 0 spiro atoms. The van der Waals surface area contributed by atoms with Gasteiger partial charge in [-0.25, -0.2) is 4.79 Å². The van der Waals surface area contributed by atoms with Gasteiger partial charge in [0.05, 0.1) is 0 Å². The maximum atomic E-state index is 12.2. The third-order valence-corrected chi connectivity index (χ3v) is 3.96. The van der Waals surface area contributed by atoms with Gasteiger partial charge in [0.25, 0.3) is 0 Å². The molecule has 0 aliphatic heterocycles. The highest BCUT2D eigenvalue weighted by atomic mass is 32.1. The maximum absolute atomic E-state index is 12.2. The molecular weight excluding hydrogens is 383 g/mol. The summed E-state index contributed by atoms with van der Waals surface area (Å²) in [4.78, 5) is 15.9. The van der Waals surface area contributed by atoms with Crippen molar-refractivity contribution >= 4 is 28.2 Å². The number of amides is 2. The van der Waals surface area contributed by atoms with Crippen LogP contribution in [-0.4, -0.2) is 27.6 Å². The van der Waals surface area contributed by atoms with Crippen molar-refractivity contribution in [3.05, 3.63) is 59.4 Å². The fraction of sp³-hybridized carbons (Fsp3) is 0.125. The number of halogens is 3. The van der Waals surface area contributed by atoms with Crippen molar-refractivity contribution in [2.75, 3.05) is 10.6 Å². The van der Waals surface area contributed by atoms with E-state index < -0.39 is 18.1 Å². The van der Waals surface area contributed by atoms with E-state index in [1.807, 2.05) is 12.1 Å². The van der Waals surface area contributed by atoms with Crippen LogP contribution < -0.4 is 15.4 Å². The number of alkyl halides is 3. The minimum absolute atomic E-state index is 0.135. The van der Waals surface area contributed by atoms with Crippen LogP contribution in [0, 0.1) is 0 Å². The zero-order valence-electron chi connectivity index (χ0n) is 13.5. The Bertz CT molecular complexity index is 918. The average Bonchev–Trinajstić information content (AvgIpc) is 3.01. The Labute approximate surface area is 155 Å². The van der Waals surface area contributed by atoms with E-state index in [9.17, 15) is 18.0 Å². The Balaban J connectivity index is 1.57. The molecule has 0 saturated carbocycles. The van der Waals surface area contributed by atoms with Crippen molar-refractivity contribution in [1.82, 2.24) is 15.2 Å². The minimum atomic E-state index is -4.81. The number of benzene rings is 1. The fourth-order valence-electron chi connectivity index (χ4n) is 2.08. The largest absolute Gasteiger partial charge is 0.573 e. The van der Waals surface area contributed by atoms with E-state index in [1.54, 1.807) is 12.4 Å². The van der Waals surface area contributed by atoms with Gasteiger partial charge in [0, 0.05) is 30.6 Å². The number of carbonyl (C=O) groups is 1. The Hall–Kier alpha value is -3.21. The molecular formula is C16H12F3N5O2S. The van der Waals surface area contributed by atoms with Crippen LogP contribution in [0.25, 0.3) is 0 Å². The van der Waals surface area contributed by atoms with E-state index in [4.69, 9.17) is 0 Å². The van der Waals surface area contributed by atoms with Gasteiger partial charge in [0.2, 0.25) is 5.13 Å². The topological polar surface area (TPSA) is 89.0 Å². The van der Waals surface area contributed by atoms with Gasteiger partial charge in [-0.1, -0.05) is 17.4 Å².